The molecule has 0 aliphatic heterocycles. The van der Waals surface area contributed by atoms with E-state index in [9.17, 15) is 0 Å². The van der Waals surface area contributed by atoms with Gasteiger partial charge < -0.3 is 5.32 Å². The third-order valence-electron chi connectivity index (χ3n) is 3.50. The first-order valence-corrected chi connectivity index (χ1v) is 7.41. The van der Waals surface area contributed by atoms with Crippen LogP contribution in [0.1, 0.15) is 35.2 Å². The molecule has 0 spiro atoms. The highest BCUT2D eigenvalue weighted by Gasteiger charge is 2.07. The van der Waals surface area contributed by atoms with Crippen LogP contribution in [0.15, 0.2) is 46.9 Å². The summed E-state index contributed by atoms with van der Waals surface area (Å²) < 4.78 is 1.18. The highest BCUT2D eigenvalue weighted by Crippen LogP contribution is 2.20. The molecule has 100 valence electrons. The fourth-order valence-electron chi connectivity index (χ4n) is 2.20. The molecule has 2 heteroatoms. The number of nitrogens with one attached hydrogen (secondary N) is 1. The van der Waals surface area contributed by atoms with Crippen molar-refractivity contribution in [1.29, 1.82) is 0 Å². The number of halogens is 1. The molecule has 0 aromatic heterocycles. The van der Waals surface area contributed by atoms with E-state index in [-0.39, 0.29) is 0 Å². The summed E-state index contributed by atoms with van der Waals surface area (Å²) in [5.41, 5.74) is 5.29. The molecule has 0 radical (unpaired) electrons. The van der Waals surface area contributed by atoms with Gasteiger partial charge in [0.1, 0.15) is 0 Å². The summed E-state index contributed by atoms with van der Waals surface area (Å²) in [5.74, 6) is 0. The van der Waals surface area contributed by atoms with Gasteiger partial charge in [-0.2, -0.15) is 0 Å². The van der Waals surface area contributed by atoms with E-state index in [1.807, 2.05) is 0 Å². The van der Waals surface area contributed by atoms with Crippen LogP contribution in [-0.2, 0) is 6.54 Å². The number of hydrogen-bond donors (Lipinski definition) is 1. The molecule has 0 saturated carbocycles. The fraction of sp³-hybridized carbons (Fsp3) is 0.294. The van der Waals surface area contributed by atoms with Gasteiger partial charge in [0.25, 0.3) is 0 Å². The monoisotopic (exact) mass is 317 g/mol. The molecular weight excluding hydrogens is 298 g/mol. The van der Waals surface area contributed by atoms with Gasteiger partial charge in [0.15, 0.2) is 0 Å². The maximum atomic E-state index is 3.58. The SMILES string of the molecule is Cc1ccc(CNC(C)c2ccccc2C)cc1Br. The molecule has 1 unspecified atom stereocenters. The Kier molecular flexibility index (Phi) is 4.78. The average Bonchev–Trinajstić information content (AvgIpc) is 2.40. The molecule has 0 heterocycles. The van der Waals surface area contributed by atoms with Crippen molar-refractivity contribution in [3.05, 3.63) is 69.2 Å². The number of aryl methyl sites for hydroxylation is 2. The lowest BCUT2D eigenvalue weighted by atomic mass is 10.0. The van der Waals surface area contributed by atoms with E-state index >= 15 is 0 Å². The molecule has 19 heavy (non-hydrogen) atoms. The van der Waals surface area contributed by atoms with Crippen molar-refractivity contribution in [3.8, 4) is 0 Å². The third-order valence-corrected chi connectivity index (χ3v) is 4.36. The van der Waals surface area contributed by atoms with E-state index in [2.05, 4.69) is 84.5 Å². The topological polar surface area (TPSA) is 12.0 Å². The molecule has 0 saturated heterocycles. The van der Waals surface area contributed by atoms with Crippen molar-refractivity contribution in [1.82, 2.24) is 5.32 Å². The zero-order chi connectivity index (χ0) is 13.8. The third kappa shape index (κ3) is 3.68. The molecular formula is C17H20BrN. The predicted octanol–water partition coefficient (Wildman–Crippen LogP) is 4.92. The quantitative estimate of drug-likeness (QED) is 0.844. The maximum Gasteiger partial charge on any atom is 0.0297 e. The summed E-state index contributed by atoms with van der Waals surface area (Å²) >= 11 is 3.58. The van der Waals surface area contributed by atoms with Crippen molar-refractivity contribution >= 4 is 15.9 Å². The lowest BCUT2D eigenvalue weighted by Crippen LogP contribution is -2.18. The molecule has 1 atom stereocenters. The van der Waals surface area contributed by atoms with Gasteiger partial charge in [-0.15, -0.1) is 0 Å². The van der Waals surface area contributed by atoms with Crippen LogP contribution < -0.4 is 5.32 Å². The van der Waals surface area contributed by atoms with Gasteiger partial charge >= 0.3 is 0 Å². The fourth-order valence-corrected chi connectivity index (χ4v) is 2.63. The largest absolute Gasteiger partial charge is 0.306 e. The van der Waals surface area contributed by atoms with E-state index in [1.54, 1.807) is 0 Å². The molecule has 0 aliphatic carbocycles. The number of benzene rings is 2. The first-order valence-electron chi connectivity index (χ1n) is 6.62. The highest BCUT2D eigenvalue weighted by molar-refractivity contribution is 9.10. The van der Waals surface area contributed by atoms with Gasteiger partial charge in [-0.1, -0.05) is 52.3 Å². The highest BCUT2D eigenvalue weighted by atomic mass is 79.9. The molecule has 0 fully saturated rings. The summed E-state index contributed by atoms with van der Waals surface area (Å²) in [5, 5.41) is 3.58. The van der Waals surface area contributed by atoms with Crippen molar-refractivity contribution in [3.63, 3.8) is 0 Å². The maximum absolute atomic E-state index is 3.58. The van der Waals surface area contributed by atoms with Crippen molar-refractivity contribution in [2.45, 2.75) is 33.4 Å². The predicted molar refractivity (Wildman–Crippen MR) is 85.3 cm³/mol. The van der Waals surface area contributed by atoms with Gasteiger partial charge in [0.05, 0.1) is 0 Å². The zero-order valence-corrected chi connectivity index (χ0v) is 13.3. The molecule has 2 rings (SSSR count). The van der Waals surface area contributed by atoms with Crippen LogP contribution in [0, 0.1) is 13.8 Å². The second-order valence-electron chi connectivity index (χ2n) is 5.04. The first kappa shape index (κ1) is 14.3. The van der Waals surface area contributed by atoms with Crippen LogP contribution in [0.2, 0.25) is 0 Å². The second kappa shape index (κ2) is 6.36. The number of rotatable bonds is 4. The summed E-state index contributed by atoms with van der Waals surface area (Å²) in [7, 11) is 0. The Bertz CT molecular complexity index is 563. The van der Waals surface area contributed by atoms with E-state index in [0.29, 0.717) is 6.04 Å². The molecule has 1 nitrogen and oxygen atoms in total. The first-order chi connectivity index (χ1) is 9.08. The van der Waals surface area contributed by atoms with E-state index in [1.165, 1.54) is 26.7 Å². The average molecular weight is 318 g/mol. The Hall–Kier alpha value is -1.12. The Morgan fingerprint density at radius 1 is 1.05 bits per heavy atom. The van der Waals surface area contributed by atoms with Crippen LogP contribution in [0.5, 0.6) is 0 Å². The Morgan fingerprint density at radius 2 is 1.79 bits per heavy atom. The normalized spacial score (nSPS) is 12.4. The summed E-state index contributed by atoms with van der Waals surface area (Å²) in [6, 6.07) is 15.4. The van der Waals surface area contributed by atoms with E-state index in [0.717, 1.165) is 6.54 Å². The van der Waals surface area contributed by atoms with Crippen molar-refractivity contribution in [2.75, 3.05) is 0 Å². The summed E-state index contributed by atoms with van der Waals surface area (Å²) in [6.07, 6.45) is 0. The Labute approximate surface area is 124 Å². The summed E-state index contributed by atoms with van der Waals surface area (Å²) in [6.45, 7) is 7.37. The van der Waals surface area contributed by atoms with Gasteiger partial charge in [-0.3, -0.25) is 0 Å². The Morgan fingerprint density at radius 3 is 2.47 bits per heavy atom. The number of hydrogen-bond acceptors (Lipinski definition) is 1. The second-order valence-corrected chi connectivity index (χ2v) is 5.90. The van der Waals surface area contributed by atoms with Gasteiger partial charge in [-0.25, -0.2) is 0 Å². The molecule has 0 aliphatic rings. The van der Waals surface area contributed by atoms with Crippen molar-refractivity contribution in [2.24, 2.45) is 0 Å². The molecule has 0 bridgehead atoms. The smallest absolute Gasteiger partial charge is 0.0297 e. The molecule has 0 amide bonds. The van der Waals surface area contributed by atoms with Crippen LogP contribution >= 0.6 is 15.9 Å². The van der Waals surface area contributed by atoms with Crippen molar-refractivity contribution < 1.29 is 0 Å². The minimum atomic E-state index is 0.362. The van der Waals surface area contributed by atoms with Crippen LogP contribution in [-0.4, -0.2) is 0 Å². The van der Waals surface area contributed by atoms with Crippen LogP contribution in [0.4, 0.5) is 0 Å². The Balaban J connectivity index is 2.02. The van der Waals surface area contributed by atoms with Gasteiger partial charge in [0.2, 0.25) is 0 Å². The molecule has 2 aromatic rings. The van der Waals surface area contributed by atoms with Crippen LogP contribution in [0.3, 0.4) is 0 Å². The molecule has 2 aromatic carbocycles. The molecule has 1 N–H and O–H groups in total. The minimum absolute atomic E-state index is 0.362. The van der Waals surface area contributed by atoms with Gasteiger partial charge in [-0.05, 0) is 49.1 Å². The van der Waals surface area contributed by atoms with E-state index < -0.39 is 0 Å². The lowest BCUT2D eigenvalue weighted by molar-refractivity contribution is 0.572. The summed E-state index contributed by atoms with van der Waals surface area (Å²) in [4.78, 5) is 0. The van der Waals surface area contributed by atoms with E-state index in [4.69, 9.17) is 0 Å². The minimum Gasteiger partial charge on any atom is -0.306 e. The van der Waals surface area contributed by atoms with Gasteiger partial charge in [0, 0.05) is 17.1 Å². The zero-order valence-electron chi connectivity index (χ0n) is 11.7. The lowest BCUT2D eigenvalue weighted by Gasteiger charge is -2.17. The van der Waals surface area contributed by atoms with Crippen LogP contribution in [0.25, 0.3) is 0 Å². The standard InChI is InChI=1S/C17H20BrN/c1-12-6-4-5-7-16(12)14(3)19-11-15-9-8-13(2)17(18)10-15/h4-10,14,19H,11H2,1-3H3.